The van der Waals surface area contributed by atoms with Crippen molar-refractivity contribution in [3.8, 4) is 5.75 Å². The summed E-state index contributed by atoms with van der Waals surface area (Å²) in [5.41, 5.74) is 1.27. The van der Waals surface area contributed by atoms with Gasteiger partial charge in [0.2, 0.25) is 0 Å². The summed E-state index contributed by atoms with van der Waals surface area (Å²) >= 11 is 0. The van der Waals surface area contributed by atoms with Gasteiger partial charge in [0, 0.05) is 0 Å². The number of rotatable bonds is 6. The number of benzene rings is 2. The van der Waals surface area contributed by atoms with Crippen molar-refractivity contribution >= 4 is 16.6 Å². The van der Waals surface area contributed by atoms with E-state index in [4.69, 9.17) is 4.74 Å². The van der Waals surface area contributed by atoms with Crippen molar-refractivity contribution in [3.05, 3.63) is 42.0 Å². The summed E-state index contributed by atoms with van der Waals surface area (Å²) in [4.78, 5) is 10.8. The van der Waals surface area contributed by atoms with Gasteiger partial charge in [0.05, 0.1) is 13.7 Å². The molecule has 0 saturated heterocycles. The summed E-state index contributed by atoms with van der Waals surface area (Å²) in [6.45, 7) is 2.86. The molecule has 0 spiro atoms. The molecule has 0 unspecified atom stereocenters. The quantitative estimate of drug-likeness (QED) is 0.808. The van der Waals surface area contributed by atoms with Crippen molar-refractivity contribution in [1.82, 2.24) is 5.32 Å². The number of hydrogen-bond acceptors (Lipinski definition) is 3. The van der Waals surface area contributed by atoms with Gasteiger partial charge in [-0.25, -0.2) is 0 Å². The molecule has 2 rings (SSSR count). The van der Waals surface area contributed by atoms with Gasteiger partial charge in [0.15, 0.2) is 0 Å². The Morgan fingerprint density at radius 1 is 1.16 bits per heavy atom. The van der Waals surface area contributed by atoms with Crippen LogP contribution in [-0.4, -0.2) is 26.0 Å². The van der Waals surface area contributed by atoms with E-state index in [0.717, 1.165) is 18.7 Å². The highest BCUT2D eigenvalue weighted by atomic mass is 16.5. The predicted molar refractivity (Wildman–Crippen MR) is 77.8 cm³/mol. The number of ether oxygens (including phenoxy) is 1. The molecule has 2 aromatic carbocycles. The zero-order chi connectivity index (χ0) is 13.7. The number of carbonyl (C=O) groups is 1. The van der Waals surface area contributed by atoms with Crippen LogP contribution in [0.25, 0.3) is 10.8 Å². The summed E-state index contributed by atoms with van der Waals surface area (Å²) in [5.74, 6) is 1.05. The second-order valence-electron chi connectivity index (χ2n) is 4.68. The van der Waals surface area contributed by atoms with Gasteiger partial charge in [-0.05, 0) is 48.4 Å². The zero-order valence-corrected chi connectivity index (χ0v) is 11.4. The fourth-order valence-corrected chi connectivity index (χ4v) is 2.05. The van der Waals surface area contributed by atoms with Crippen LogP contribution in [0.3, 0.4) is 0 Å². The molecule has 0 amide bonds. The maximum atomic E-state index is 10.8. The Labute approximate surface area is 113 Å². The minimum Gasteiger partial charge on any atom is -0.497 e. The molecule has 0 aliphatic carbocycles. The smallest absolute Gasteiger partial charge is 0.143 e. The Kier molecular flexibility index (Phi) is 4.53. The van der Waals surface area contributed by atoms with Gasteiger partial charge < -0.3 is 10.1 Å². The molecule has 0 aromatic heterocycles. The first-order chi connectivity index (χ1) is 9.19. The molecule has 19 heavy (non-hydrogen) atoms. The van der Waals surface area contributed by atoms with E-state index in [1.807, 2.05) is 12.1 Å². The highest BCUT2D eigenvalue weighted by molar-refractivity contribution is 5.84. The van der Waals surface area contributed by atoms with E-state index < -0.39 is 0 Å². The first kappa shape index (κ1) is 13.6. The van der Waals surface area contributed by atoms with E-state index in [1.54, 1.807) is 14.0 Å². The van der Waals surface area contributed by atoms with E-state index in [1.165, 1.54) is 16.3 Å². The Morgan fingerprint density at radius 3 is 2.63 bits per heavy atom. The minimum atomic E-state index is 0.172. The average molecular weight is 257 g/mol. The summed E-state index contributed by atoms with van der Waals surface area (Å²) in [6, 6.07) is 12.5. The fraction of sp³-hybridized carbons (Fsp3) is 0.312. The first-order valence-corrected chi connectivity index (χ1v) is 6.46. The lowest BCUT2D eigenvalue weighted by Gasteiger charge is -2.06. The molecule has 2 aromatic rings. The number of carbonyl (C=O) groups excluding carboxylic acids is 1. The van der Waals surface area contributed by atoms with Crippen LogP contribution < -0.4 is 10.1 Å². The van der Waals surface area contributed by atoms with Crippen molar-refractivity contribution < 1.29 is 9.53 Å². The molecule has 1 N–H and O–H groups in total. The third-order valence-corrected chi connectivity index (χ3v) is 3.08. The lowest BCUT2D eigenvalue weighted by atomic mass is 10.0. The molecule has 0 fully saturated rings. The summed E-state index contributed by atoms with van der Waals surface area (Å²) in [7, 11) is 1.68. The third kappa shape index (κ3) is 3.80. The van der Waals surface area contributed by atoms with Crippen LogP contribution in [0, 0.1) is 0 Å². The molecule has 0 atom stereocenters. The second-order valence-corrected chi connectivity index (χ2v) is 4.68. The Hall–Kier alpha value is -1.87. The normalized spacial score (nSPS) is 10.6. The zero-order valence-electron chi connectivity index (χ0n) is 11.4. The summed E-state index contributed by atoms with van der Waals surface area (Å²) in [6.07, 6.45) is 0.926. The average Bonchev–Trinajstić information content (AvgIpc) is 2.42. The van der Waals surface area contributed by atoms with Gasteiger partial charge in [-0.2, -0.15) is 0 Å². The number of ketones is 1. The molecule has 0 aliphatic heterocycles. The van der Waals surface area contributed by atoms with Gasteiger partial charge in [-0.3, -0.25) is 4.79 Å². The number of nitrogens with one attached hydrogen (secondary N) is 1. The van der Waals surface area contributed by atoms with Gasteiger partial charge in [0.25, 0.3) is 0 Å². The van der Waals surface area contributed by atoms with Gasteiger partial charge >= 0.3 is 0 Å². The topological polar surface area (TPSA) is 38.3 Å². The van der Waals surface area contributed by atoms with Crippen LogP contribution >= 0.6 is 0 Å². The number of fused-ring (bicyclic) bond motifs is 1. The fourth-order valence-electron chi connectivity index (χ4n) is 2.05. The van der Waals surface area contributed by atoms with Crippen LogP contribution in [0.4, 0.5) is 0 Å². The Morgan fingerprint density at radius 2 is 1.89 bits per heavy atom. The molecule has 0 radical (unpaired) electrons. The third-order valence-electron chi connectivity index (χ3n) is 3.08. The van der Waals surface area contributed by atoms with Crippen molar-refractivity contribution in [3.63, 3.8) is 0 Å². The standard InChI is InChI=1S/C16H19NO2/c1-12(18)11-17-8-7-13-3-4-15-10-16(19-2)6-5-14(15)9-13/h3-6,9-10,17H,7-8,11H2,1-2H3. The van der Waals surface area contributed by atoms with Gasteiger partial charge in [-0.15, -0.1) is 0 Å². The lowest BCUT2D eigenvalue weighted by Crippen LogP contribution is -2.23. The first-order valence-electron chi connectivity index (χ1n) is 6.46. The minimum absolute atomic E-state index is 0.172. The van der Waals surface area contributed by atoms with Crippen molar-refractivity contribution in [2.24, 2.45) is 0 Å². The highest BCUT2D eigenvalue weighted by Crippen LogP contribution is 2.21. The predicted octanol–water partition coefficient (Wildman–Crippen LogP) is 2.57. The Bertz CT molecular complexity index is 578. The van der Waals surface area contributed by atoms with E-state index in [9.17, 15) is 4.79 Å². The van der Waals surface area contributed by atoms with Crippen LogP contribution in [0.15, 0.2) is 36.4 Å². The van der Waals surface area contributed by atoms with Crippen LogP contribution in [-0.2, 0) is 11.2 Å². The molecule has 3 heteroatoms. The van der Waals surface area contributed by atoms with Crippen LogP contribution in [0.5, 0.6) is 5.75 Å². The summed E-state index contributed by atoms with van der Waals surface area (Å²) < 4.78 is 5.21. The largest absolute Gasteiger partial charge is 0.497 e. The number of Topliss-reactive ketones (excluding diaryl/α,β-unsaturated/α-hetero) is 1. The van der Waals surface area contributed by atoms with E-state index in [2.05, 4.69) is 29.6 Å². The van der Waals surface area contributed by atoms with E-state index in [-0.39, 0.29) is 5.78 Å². The van der Waals surface area contributed by atoms with Crippen LogP contribution in [0.2, 0.25) is 0 Å². The molecule has 3 nitrogen and oxygen atoms in total. The maximum Gasteiger partial charge on any atom is 0.143 e. The monoisotopic (exact) mass is 257 g/mol. The Balaban J connectivity index is 2.03. The molecule has 0 bridgehead atoms. The molecular weight excluding hydrogens is 238 g/mol. The maximum absolute atomic E-state index is 10.8. The van der Waals surface area contributed by atoms with Crippen molar-refractivity contribution in [2.75, 3.05) is 20.2 Å². The SMILES string of the molecule is COc1ccc2cc(CCNCC(C)=O)ccc2c1. The molecular formula is C16H19NO2. The van der Waals surface area contributed by atoms with E-state index >= 15 is 0 Å². The number of hydrogen-bond donors (Lipinski definition) is 1. The molecule has 100 valence electrons. The second kappa shape index (κ2) is 6.34. The van der Waals surface area contributed by atoms with Crippen molar-refractivity contribution in [1.29, 1.82) is 0 Å². The summed E-state index contributed by atoms with van der Waals surface area (Å²) in [5, 5.41) is 5.52. The molecule has 0 heterocycles. The van der Waals surface area contributed by atoms with Crippen LogP contribution in [0.1, 0.15) is 12.5 Å². The lowest BCUT2D eigenvalue weighted by molar-refractivity contribution is -0.116. The highest BCUT2D eigenvalue weighted by Gasteiger charge is 1.99. The van der Waals surface area contributed by atoms with Gasteiger partial charge in [-0.1, -0.05) is 24.3 Å². The number of methoxy groups -OCH3 is 1. The molecule has 0 aliphatic rings. The molecule has 0 saturated carbocycles. The van der Waals surface area contributed by atoms with E-state index in [0.29, 0.717) is 6.54 Å². The van der Waals surface area contributed by atoms with Gasteiger partial charge in [0.1, 0.15) is 11.5 Å². The van der Waals surface area contributed by atoms with Crippen molar-refractivity contribution in [2.45, 2.75) is 13.3 Å².